The minimum absolute atomic E-state index is 0.106. The summed E-state index contributed by atoms with van der Waals surface area (Å²) < 4.78 is 0. The molecule has 1 N–H and O–H groups in total. The molecule has 4 nitrogen and oxygen atoms in total. The molecule has 64 valence electrons. The molecule has 1 rings (SSSR count). The Balaban J connectivity index is 2.52. The summed E-state index contributed by atoms with van der Waals surface area (Å²) in [5, 5.41) is 12.2. The van der Waals surface area contributed by atoms with Crippen LogP contribution in [0, 0.1) is 5.92 Å². The Hall–Kier alpha value is -0.610. The molecule has 11 heavy (non-hydrogen) atoms. The number of carbonyl (C=O) groups excluding carboxylic acids is 1. The number of amides is 1. The molecule has 1 aliphatic heterocycles. The molecule has 0 aromatic heterocycles. The van der Waals surface area contributed by atoms with E-state index in [1.54, 1.807) is 10.0 Å². The lowest BCUT2D eigenvalue weighted by Gasteiger charge is -2.23. The maximum absolute atomic E-state index is 11.2. The average molecular weight is 158 g/mol. The van der Waals surface area contributed by atoms with Crippen LogP contribution in [0.3, 0.4) is 0 Å². The van der Waals surface area contributed by atoms with Gasteiger partial charge in [-0.3, -0.25) is 9.80 Å². The fraction of sp³-hybridized carbons (Fsp3) is 0.857. The topological polar surface area (TPSA) is 43.8 Å². The highest BCUT2D eigenvalue weighted by Crippen LogP contribution is 2.16. The van der Waals surface area contributed by atoms with E-state index in [0.717, 1.165) is 0 Å². The van der Waals surface area contributed by atoms with Crippen molar-refractivity contribution in [2.45, 2.75) is 6.42 Å². The largest absolute Gasteiger partial charge is 0.396 e. The van der Waals surface area contributed by atoms with Gasteiger partial charge >= 0.3 is 0 Å². The van der Waals surface area contributed by atoms with Crippen molar-refractivity contribution in [2.24, 2.45) is 5.92 Å². The van der Waals surface area contributed by atoms with Gasteiger partial charge in [-0.1, -0.05) is 0 Å². The van der Waals surface area contributed by atoms with Gasteiger partial charge < -0.3 is 5.11 Å². The van der Waals surface area contributed by atoms with Crippen LogP contribution < -0.4 is 0 Å². The van der Waals surface area contributed by atoms with Crippen molar-refractivity contribution in [1.82, 2.24) is 10.0 Å². The fourth-order valence-corrected chi connectivity index (χ4v) is 1.27. The Kier molecular flexibility index (Phi) is 2.46. The maximum atomic E-state index is 11.2. The average Bonchev–Trinajstić information content (AvgIpc) is 2.30. The molecule has 1 aliphatic rings. The minimum atomic E-state index is 0.106. The summed E-state index contributed by atoms with van der Waals surface area (Å²) in [6, 6.07) is 0. The quantitative estimate of drug-likeness (QED) is 0.578. The molecule has 1 amide bonds. The molecule has 1 heterocycles. The number of hydrogen-bond donors (Lipinski definition) is 1. The van der Waals surface area contributed by atoms with Gasteiger partial charge in [-0.2, -0.15) is 0 Å². The first-order valence-corrected chi connectivity index (χ1v) is 3.73. The molecule has 0 spiro atoms. The summed E-state index contributed by atoms with van der Waals surface area (Å²) >= 11 is 0. The number of carbonyl (C=O) groups is 1. The van der Waals surface area contributed by atoms with Crippen LogP contribution in [0.2, 0.25) is 0 Å². The van der Waals surface area contributed by atoms with E-state index in [1.807, 2.05) is 14.1 Å². The Labute approximate surface area is 66.4 Å². The van der Waals surface area contributed by atoms with Crippen LogP contribution in [0.25, 0.3) is 0 Å². The number of rotatable bonds is 2. The molecular formula is C7H14N2O2. The molecule has 1 fully saturated rings. The number of hydrogen-bond acceptors (Lipinski definition) is 3. The Morgan fingerprint density at radius 3 is 2.64 bits per heavy atom. The molecular weight excluding hydrogens is 144 g/mol. The second-order valence-corrected chi connectivity index (χ2v) is 3.08. The number of nitrogens with zero attached hydrogens (tertiary/aromatic N) is 2. The molecule has 0 aliphatic carbocycles. The summed E-state index contributed by atoms with van der Waals surface area (Å²) in [7, 11) is 3.66. The first-order chi connectivity index (χ1) is 5.15. The van der Waals surface area contributed by atoms with Gasteiger partial charge in [-0.05, 0) is 0 Å². The molecule has 0 aromatic rings. The van der Waals surface area contributed by atoms with Gasteiger partial charge in [0.15, 0.2) is 0 Å². The van der Waals surface area contributed by atoms with Crippen molar-refractivity contribution in [3.63, 3.8) is 0 Å². The predicted octanol–water partition coefficient (Wildman–Crippen LogP) is -0.696. The monoisotopic (exact) mass is 158 g/mol. The first kappa shape index (κ1) is 8.49. The van der Waals surface area contributed by atoms with Crippen molar-refractivity contribution in [1.29, 1.82) is 0 Å². The van der Waals surface area contributed by atoms with E-state index in [-0.39, 0.29) is 18.4 Å². The minimum Gasteiger partial charge on any atom is -0.396 e. The number of hydrazine groups is 1. The maximum Gasteiger partial charge on any atom is 0.237 e. The van der Waals surface area contributed by atoms with Gasteiger partial charge in [0.2, 0.25) is 5.91 Å². The zero-order valence-corrected chi connectivity index (χ0v) is 6.95. The second-order valence-electron chi connectivity index (χ2n) is 3.08. The molecule has 0 aromatic carbocycles. The van der Waals surface area contributed by atoms with Gasteiger partial charge in [-0.15, -0.1) is 0 Å². The summed E-state index contributed by atoms with van der Waals surface area (Å²) in [5.74, 6) is 0.235. The third-order valence-electron chi connectivity index (χ3n) is 1.92. The van der Waals surface area contributed by atoms with Crippen molar-refractivity contribution >= 4 is 5.91 Å². The molecule has 0 saturated carbocycles. The van der Waals surface area contributed by atoms with Gasteiger partial charge in [0.05, 0.1) is 0 Å². The number of aliphatic hydroxyl groups excluding tert-OH is 1. The Morgan fingerprint density at radius 2 is 2.36 bits per heavy atom. The van der Waals surface area contributed by atoms with Crippen LogP contribution in [0.5, 0.6) is 0 Å². The Morgan fingerprint density at radius 1 is 1.73 bits per heavy atom. The van der Waals surface area contributed by atoms with E-state index >= 15 is 0 Å². The smallest absolute Gasteiger partial charge is 0.237 e. The van der Waals surface area contributed by atoms with Crippen LogP contribution in [0.4, 0.5) is 0 Å². The summed E-state index contributed by atoms with van der Waals surface area (Å²) in [5.41, 5.74) is 0. The van der Waals surface area contributed by atoms with Crippen LogP contribution >= 0.6 is 0 Å². The molecule has 0 radical (unpaired) electrons. The van der Waals surface area contributed by atoms with Crippen molar-refractivity contribution < 1.29 is 9.90 Å². The van der Waals surface area contributed by atoms with E-state index in [9.17, 15) is 4.79 Å². The fourth-order valence-electron chi connectivity index (χ4n) is 1.27. The van der Waals surface area contributed by atoms with Gasteiger partial charge in [-0.25, -0.2) is 5.01 Å². The van der Waals surface area contributed by atoms with Gasteiger partial charge in [0, 0.05) is 39.6 Å². The van der Waals surface area contributed by atoms with E-state index in [1.165, 1.54) is 0 Å². The summed E-state index contributed by atoms with van der Waals surface area (Å²) in [6.07, 6.45) is 0.481. The van der Waals surface area contributed by atoms with E-state index in [2.05, 4.69) is 0 Å². The van der Waals surface area contributed by atoms with Crippen LogP contribution in [0.1, 0.15) is 6.42 Å². The lowest BCUT2D eigenvalue weighted by molar-refractivity contribution is -0.139. The highest BCUT2D eigenvalue weighted by atomic mass is 16.3. The van der Waals surface area contributed by atoms with Gasteiger partial charge in [0.1, 0.15) is 0 Å². The molecule has 1 saturated heterocycles. The lowest BCUT2D eigenvalue weighted by atomic mass is 10.1. The van der Waals surface area contributed by atoms with Crippen molar-refractivity contribution in [2.75, 3.05) is 27.2 Å². The lowest BCUT2D eigenvalue weighted by Crippen LogP contribution is -2.38. The van der Waals surface area contributed by atoms with E-state index in [0.29, 0.717) is 13.0 Å². The van der Waals surface area contributed by atoms with E-state index < -0.39 is 0 Å². The molecule has 4 heteroatoms. The van der Waals surface area contributed by atoms with Crippen molar-refractivity contribution in [3.8, 4) is 0 Å². The van der Waals surface area contributed by atoms with Crippen LogP contribution in [-0.2, 0) is 4.79 Å². The van der Waals surface area contributed by atoms with Crippen molar-refractivity contribution in [3.05, 3.63) is 0 Å². The predicted molar refractivity (Wildman–Crippen MR) is 40.6 cm³/mol. The normalized spacial score (nSPS) is 25.3. The molecule has 0 bridgehead atoms. The highest BCUT2D eigenvalue weighted by molar-refractivity contribution is 5.78. The third-order valence-corrected chi connectivity index (χ3v) is 1.92. The molecule has 1 unspecified atom stereocenters. The van der Waals surface area contributed by atoms with E-state index in [4.69, 9.17) is 5.11 Å². The third kappa shape index (κ3) is 1.70. The summed E-state index contributed by atoms with van der Waals surface area (Å²) in [4.78, 5) is 11.2. The number of aliphatic hydroxyl groups is 1. The Bertz CT molecular complexity index is 159. The standard InChI is InChI=1S/C7H14N2O2/c1-8(2)9-4-6(5-10)3-7(9)11/h6,10H,3-5H2,1-2H3. The van der Waals surface area contributed by atoms with Crippen LogP contribution in [-0.4, -0.2) is 48.3 Å². The SMILES string of the molecule is CN(C)N1CC(CO)CC1=O. The molecule has 1 atom stereocenters. The first-order valence-electron chi connectivity index (χ1n) is 3.73. The van der Waals surface area contributed by atoms with Crippen LogP contribution in [0.15, 0.2) is 0 Å². The summed E-state index contributed by atoms with van der Waals surface area (Å²) in [6.45, 7) is 0.762. The highest BCUT2D eigenvalue weighted by Gasteiger charge is 2.30. The zero-order valence-electron chi connectivity index (χ0n) is 6.95. The van der Waals surface area contributed by atoms with Gasteiger partial charge in [0.25, 0.3) is 0 Å². The zero-order chi connectivity index (χ0) is 8.43. The second kappa shape index (κ2) is 3.19.